The fraction of sp³-hybridized carbons (Fsp3) is 0.500. The van der Waals surface area contributed by atoms with Crippen molar-refractivity contribution in [2.75, 3.05) is 26.8 Å². The van der Waals surface area contributed by atoms with Gasteiger partial charge in [0, 0.05) is 42.4 Å². The van der Waals surface area contributed by atoms with Crippen LogP contribution in [-0.4, -0.2) is 38.9 Å². The predicted molar refractivity (Wildman–Crippen MR) is 117 cm³/mol. The van der Waals surface area contributed by atoms with Crippen LogP contribution in [0, 0.1) is 6.92 Å². The van der Waals surface area contributed by atoms with Crippen LogP contribution in [0.1, 0.15) is 36.3 Å². The number of rotatable bonds is 7. The minimum absolute atomic E-state index is 0.0480. The van der Waals surface area contributed by atoms with Crippen molar-refractivity contribution in [3.8, 4) is 5.75 Å². The Bertz CT molecular complexity index is 781. The van der Waals surface area contributed by atoms with Gasteiger partial charge in [0.25, 0.3) is 0 Å². The van der Waals surface area contributed by atoms with Gasteiger partial charge in [-0.25, -0.2) is 0 Å². The van der Waals surface area contributed by atoms with E-state index in [1.54, 1.807) is 18.4 Å². The summed E-state index contributed by atoms with van der Waals surface area (Å²) < 4.78 is 11.6. The third-order valence-corrected chi connectivity index (χ3v) is 6.20. The molecule has 1 unspecified atom stereocenters. The molecule has 1 atom stereocenters. The standard InChI is InChI=1S/C22H31N3O2S/c1-16-7-8-17(19(12-16)27-18-9-10-26-14-18)13-24-21(23-4)25-15-22(2,3)20-6-5-11-28-20/h5-8,11-12,18H,9-10,13-15H2,1-4H3,(H2,23,24,25). The number of ether oxygens (including phenoxy) is 2. The molecule has 0 radical (unpaired) electrons. The molecule has 1 aromatic carbocycles. The Morgan fingerprint density at radius 2 is 2.18 bits per heavy atom. The zero-order chi connectivity index (χ0) is 20.0. The first-order chi connectivity index (χ1) is 13.5. The van der Waals surface area contributed by atoms with Crippen molar-refractivity contribution in [2.45, 2.75) is 45.3 Å². The molecule has 152 valence electrons. The molecule has 2 heterocycles. The average molecular weight is 402 g/mol. The first kappa shape index (κ1) is 20.7. The largest absolute Gasteiger partial charge is 0.488 e. The summed E-state index contributed by atoms with van der Waals surface area (Å²) in [6.45, 7) is 9.49. The van der Waals surface area contributed by atoms with Crippen LogP contribution in [0.5, 0.6) is 5.75 Å². The SMILES string of the molecule is CN=C(NCc1ccc(C)cc1OC1CCOC1)NCC(C)(C)c1cccs1. The minimum atomic E-state index is 0.0480. The Labute approximate surface area is 172 Å². The van der Waals surface area contributed by atoms with Crippen molar-refractivity contribution < 1.29 is 9.47 Å². The summed E-state index contributed by atoms with van der Waals surface area (Å²) in [5.74, 6) is 1.72. The number of nitrogens with zero attached hydrogens (tertiary/aromatic N) is 1. The molecule has 2 N–H and O–H groups in total. The molecule has 1 aliphatic rings. The van der Waals surface area contributed by atoms with Crippen molar-refractivity contribution in [1.82, 2.24) is 10.6 Å². The average Bonchev–Trinajstić information content (AvgIpc) is 3.37. The van der Waals surface area contributed by atoms with Crippen molar-refractivity contribution in [3.63, 3.8) is 0 Å². The molecule has 1 aliphatic heterocycles. The molecule has 3 rings (SSSR count). The van der Waals surface area contributed by atoms with Crippen LogP contribution in [-0.2, 0) is 16.7 Å². The van der Waals surface area contributed by atoms with Crippen LogP contribution >= 0.6 is 11.3 Å². The van der Waals surface area contributed by atoms with E-state index >= 15 is 0 Å². The second kappa shape index (κ2) is 9.43. The molecule has 0 bridgehead atoms. The maximum Gasteiger partial charge on any atom is 0.191 e. The van der Waals surface area contributed by atoms with Gasteiger partial charge in [-0.1, -0.05) is 32.0 Å². The zero-order valence-corrected chi connectivity index (χ0v) is 18.1. The number of guanidine groups is 1. The smallest absolute Gasteiger partial charge is 0.191 e. The number of benzene rings is 1. The summed E-state index contributed by atoms with van der Waals surface area (Å²) in [4.78, 5) is 5.74. The van der Waals surface area contributed by atoms with Gasteiger partial charge in [0.1, 0.15) is 11.9 Å². The number of hydrogen-bond acceptors (Lipinski definition) is 4. The molecule has 1 aromatic heterocycles. The van der Waals surface area contributed by atoms with Crippen LogP contribution in [0.4, 0.5) is 0 Å². The molecule has 0 spiro atoms. The van der Waals surface area contributed by atoms with Gasteiger partial charge in [-0.2, -0.15) is 0 Å². The summed E-state index contributed by atoms with van der Waals surface area (Å²) in [5, 5.41) is 9.00. The Kier molecular flexibility index (Phi) is 6.97. The highest BCUT2D eigenvalue weighted by atomic mass is 32.1. The summed E-state index contributed by atoms with van der Waals surface area (Å²) in [6.07, 6.45) is 1.09. The molecular weight excluding hydrogens is 370 g/mol. The Morgan fingerprint density at radius 3 is 2.86 bits per heavy atom. The van der Waals surface area contributed by atoms with E-state index in [9.17, 15) is 0 Å². The fourth-order valence-electron chi connectivity index (χ4n) is 3.16. The monoisotopic (exact) mass is 401 g/mol. The minimum Gasteiger partial charge on any atom is -0.488 e. The van der Waals surface area contributed by atoms with Gasteiger partial charge in [0.15, 0.2) is 5.96 Å². The highest BCUT2D eigenvalue weighted by Gasteiger charge is 2.22. The molecule has 1 fully saturated rings. The number of aliphatic imine (C=N–C) groups is 1. The van der Waals surface area contributed by atoms with Crippen molar-refractivity contribution in [3.05, 3.63) is 51.7 Å². The first-order valence-electron chi connectivity index (χ1n) is 9.80. The van der Waals surface area contributed by atoms with Crippen LogP contribution < -0.4 is 15.4 Å². The summed E-state index contributed by atoms with van der Waals surface area (Å²) in [5.41, 5.74) is 2.36. The van der Waals surface area contributed by atoms with Crippen LogP contribution in [0.15, 0.2) is 40.7 Å². The van der Waals surface area contributed by atoms with Gasteiger partial charge in [0.2, 0.25) is 0 Å². The van der Waals surface area contributed by atoms with E-state index in [1.165, 1.54) is 10.4 Å². The lowest BCUT2D eigenvalue weighted by atomic mass is 9.91. The van der Waals surface area contributed by atoms with E-state index in [0.29, 0.717) is 13.2 Å². The van der Waals surface area contributed by atoms with Gasteiger partial charge in [-0.05, 0) is 30.0 Å². The van der Waals surface area contributed by atoms with E-state index in [0.717, 1.165) is 36.8 Å². The van der Waals surface area contributed by atoms with Crippen molar-refractivity contribution in [1.29, 1.82) is 0 Å². The van der Waals surface area contributed by atoms with Gasteiger partial charge >= 0.3 is 0 Å². The van der Waals surface area contributed by atoms with Crippen molar-refractivity contribution in [2.24, 2.45) is 4.99 Å². The predicted octanol–water partition coefficient (Wildman–Crippen LogP) is 3.87. The van der Waals surface area contributed by atoms with Gasteiger partial charge < -0.3 is 20.1 Å². The van der Waals surface area contributed by atoms with Crippen LogP contribution in [0.2, 0.25) is 0 Å². The maximum absolute atomic E-state index is 6.19. The van der Waals surface area contributed by atoms with E-state index < -0.39 is 0 Å². The second-order valence-electron chi connectivity index (χ2n) is 7.86. The highest BCUT2D eigenvalue weighted by molar-refractivity contribution is 7.10. The quantitative estimate of drug-likeness (QED) is 0.546. The number of hydrogen-bond donors (Lipinski definition) is 2. The first-order valence-corrected chi connectivity index (χ1v) is 10.7. The van der Waals surface area contributed by atoms with E-state index in [2.05, 4.69) is 72.1 Å². The van der Waals surface area contributed by atoms with Gasteiger partial charge in [-0.15, -0.1) is 11.3 Å². The molecule has 1 saturated heterocycles. The molecule has 0 aliphatic carbocycles. The molecule has 5 nitrogen and oxygen atoms in total. The molecule has 2 aromatic rings. The number of aryl methyl sites for hydroxylation is 1. The summed E-state index contributed by atoms with van der Waals surface area (Å²) in [6, 6.07) is 10.6. The van der Waals surface area contributed by atoms with E-state index in [-0.39, 0.29) is 11.5 Å². The van der Waals surface area contributed by atoms with E-state index in [4.69, 9.17) is 9.47 Å². The molecule has 0 saturated carbocycles. The van der Waals surface area contributed by atoms with Crippen LogP contribution in [0.3, 0.4) is 0 Å². The highest BCUT2D eigenvalue weighted by Crippen LogP contribution is 2.27. The van der Waals surface area contributed by atoms with E-state index in [1.807, 2.05) is 0 Å². The molecule has 28 heavy (non-hydrogen) atoms. The Hall–Kier alpha value is -2.05. The fourth-order valence-corrected chi connectivity index (χ4v) is 4.01. The van der Waals surface area contributed by atoms with Gasteiger partial charge in [0.05, 0.1) is 13.2 Å². The lowest BCUT2D eigenvalue weighted by Gasteiger charge is -2.25. The number of thiophene rings is 1. The number of nitrogens with one attached hydrogen (secondary N) is 2. The lowest BCUT2D eigenvalue weighted by Crippen LogP contribution is -2.43. The topological polar surface area (TPSA) is 54.9 Å². The maximum atomic E-state index is 6.19. The Balaban J connectivity index is 1.59. The molecular formula is C22H31N3O2S. The van der Waals surface area contributed by atoms with Crippen LogP contribution in [0.25, 0.3) is 0 Å². The van der Waals surface area contributed by atoms with Crippen molar-refractivity contribution >= 4 is 17.3 Å². The Morgan fingerprint density at radius 1 is 1.32 bits per heavy atom. The normalized spacial score (nSPS) is 17.6. The zero-order valence-electron chi connectivity index (χ0n) is 17.2. The third-order valence-electron chi connectivity index (χ3n) is 4.96. The molecule has 0 amide bonds. The lowest BCUT2D eigenvalue weighted by molar-refractivity contribution is 0.140. The van der Waals surface area contributed by atoms with Gasteiger partial charge in [-0.3, -0.25) is 4.99 Å². The second-order valence-corrected chi connectivity index (χ2v) is 8.80. The third kappa shape index (κ3) is 5.49. The molecule has 6 heteroatoms. The summed E-state index contributed by atoms with van der Waals surface area (Å²) >= 11 is 1.79. The summed E-state index contributed by atoms with van der Waals surface area (Å²) in [7, 11) is 1.80.